The van der Waals surface area contributed by atoms with Crippen LogP contribution < -0.4 is 0 Å². The minimum atomic E-state index is -3.24. The average Bonchev–Trinajstić information content (AvgIpc) is 2.73. The van der Waals surface area contributed by atoms with Crippen LogP contribution in [0.1, 0.15) is 0 Å². The highest BCUT2D eigenvalue weighted by Gasteiger charge is 2.45. The number of carbonyl (C=O) groups excluding carboxylic acids is 2. The summed E-state index contributed by atoms with van der Waals surface area (Å²) in [5.41, 5.74) is 0. The number of methoxy groups -OCH3 is 2. The van der Waals surface area contributed by atoms with Crippen LogP contribution in [0.2, 0.25) is 0 Å². The van der Waals surface area contributed by atoms with Gasteiger partial charge < -0.3 is 14.2 Å². The van der Waals surface area contributed by atoms with Crippen molar-refractivity contribution >= 4 is 11.9 Å². The monoisotopic (exact) mass is 377 g/mol. The lowest BCUT2D eigenvalue weighted by atomic mass is 9.80. The molecule has 1 aliphatic carbocycles. The Bertz CT molecular complexity index is 677. The van der Waals surface area contributed by atoms with Crippen LogP contribution in [0.4, 0.5) is 13.2 Å². The highest BCUT2D eigenvalue weighted by atomic mass is 19.3. The van der Waals surface area contributed by atoms with Gasteiger partial charge in [0.25, 0.3) is 0 Å². The summed E-state index contributed by atoms with van der Waals surface area (Å²) in [6.45, 7) is -4.27. The summed E-state index contributed by atoms with van der Waals surface area (Å²) in [6.07, 6.45) is 1.38. The summed E-state index contributed by atoms with van der Waals surface area (Å²) in [4.78, 5) is 33.9. The third kappa shape index (κ3) is 5.51. The molecule has 0 aromatic rings. The predicted octanol–water partition coefficient (Wildman–Crippen LogP) is 1.45. The lowest BCUT2D eigenvalue weighted by Gasteiger charge is -2.24. The molecule has 0 radical (unpaired) electrons. The molecular weight excluding hydrogens is 363 g/mol. The maximum atomic E-state index is 14.5. The van der Waals surface area contributed by atoms with Gasteiger partial charge in [-0.2, -0.15) is 8.78 Å². The zero-order valence-electron chi connectivity index (χ0n) is 13.6. The quantitative estimate of drug-likeness (QED) is 0.207. The SMILES string of the molecule is COC(=O)C(C(=O)OC)C(C[N+](=O)[O-])C1C#CC=C(OC(F)F)C=C1F. The number of nitro groups is 1. The van der Waals surface area contributed by atoms with Gasteiger partial charge in [0.05, 0.1) is 26.1 Å². The molecule has 26 heavy (non-hydrogen) atoms. The van der Waals surface area contributed by atoms with Gasteiger partial charge in [-0.05, 0) is 0 Å². The van der Waals surface area contributed by atoms with Crippen molar-refractivity contribution in [1.82, 2.24) is 0 Å². The summed E-state index contributed by atoms with van der Waals surface area (Å²) < 4.78 is 51.9. The number of alkyl halides is 2. The first-order valence-electron chi connectivity index (χ1n) is 7.01. The van der Waals surface area contributed by atoms with Gasteiger partial charge in [0, 0.05) is 17.1 Å². The van der Waals surface area contributed by atoms with Crippen LogP contribution in [0.25, 0.3) is 0 Å². The standard InChI is InChI=1S/C15H14F3NO7/c1-24-13(20)12(14(21)25-2)10(7-19(22)23)9-5-3-4-8(6-11(9)16)26-15(17)18/h4,6,9-10,12,15H,7H2,1-2H3. The second-order valence-electron chi connectivity index (χ2n) is 4.92. The van der Waals surface area contributed by atoms with E-state index in [1.54, 1.807) is 0 Å². The van der Waals surface area contributed by atoms with E-state index < -0.39 is 59.4 Å². The second kappa shape index (κ2) is 9.45. The Morgan fingerprint density at radius 2 is 1.88 bits per heavy atom. The van der Waals surface area contributed by atoms with Gasteiger partial charge in [-0.25, -0.2) is 4.39 Å². The average molecular weight is 377 g/mol. The van der Waals surface area contributed by atoms with Crippen molar-refractivity contribution < 1.29 is 41.9 Å². The van der Waals surface area contributed by atoms with E-state index in [0.29, 0.717) is 6.08 Å². The fraction of sp³-hybridized carbons (Fsp3) is 0.467. The van der Waals surface area contributed by atoms with E-state index >= 15 is 0 Å². The first-order valence-corrected chi connectivity index (χ1v) is 7.01. The van der Waals surface area contributed by atoms with Crippen molar-refractivity contribution in [3.8, 4) is 11.8 Å². The molecule has 1 rings (SSSR count). The lowest BCUT2D eigenvalue weighted by Crippen LogP contribution is -2.40. The zero-order chi connectivity index (χ0) is 19.9. The van der Waals surface area contributed by atoms with Crippen LogP contribution in [0.3, 0.4) is 0 Å². The number of halogens is 3. The van der Waals surface area contributed by atoms with Gasteiger partial charge in [0.15, 0.2) is 5.92 Å². The Balaban J connectivity index is 3.31. The third-order valence-electron chi connectivity index (χ3n) is 3.38. The molecule has 0 saturated heterocycles. The molecule has 0 heterocycles. The van der Waals surface area contributed by atoms with Gasteiger partial charge in [0.1, 0.15) is 11.6 Å². The van der Waals surface area contributed by atoms with Gasteiger partial charge in [-0.1, -0.05) is 11.8 Å². The minimum absolute atomic E-state index is 0.544. The molecule has 0 bridgehead atoms. The van der Waals surface area contributed by atoms with E-state index in [2.05, 4.69) is 26.1 Å². The van der Waals surface area contributed by atoms with Gasteiger partial charge >= 0.3 is 18.6 Å². The number of carbonyl (C=O) groups is 2. The predicted molar refractivity (Wildman–Crippen MR) is 78.5 cm³/mol. The lowest BCUT2D eigenvalue weighted by molar-refractivity contribution is -0.490. The number of allylic oxidation sites excluding steroid dienone is 3. The molecular formula is C15H14F3NO7. The Morgan fingerprint density at radius 1 is 1.31 bits per heavy atom. The first-order chi connectivity index (χ1) is 12.2. The number of esters is 2. The highest BCUT2D eigenvalue weighted by molar-refractivity contribution is 5.95. The minimum Gasteiger partial charge on any atom is -0.468 e. The van der Waals surface area contributed by atoms with Crippen molar-refractivity contribution in [1.29, 1.82) is 0 Å². The van der Waals surface area contributed by atoms with Gasteiger partial charge in [0.2, 0.25) is 6.54 Å². The molecule has 0 spiro atoms. The maximum absolute atomic E-state index is 14.5. The van der Waals surface area contributed by atoms with Crippen molar-refractivity contribution in [2.45, 2.75) is 6.61 Å². The molecule has 2 atom stereocenters. The smallest absolute Gasteiger partial charge is 0.387 e. The Kier molecular flexibility index (Phi) is 7.64. The molecule has 0 fully saturated rings. The van der Waals surface area contributed by atoms with Crippen LogP contribution in [0.15, 0.2) is 23.7 Å². The molecule has 0 N–H and O–H groups in total. The number of nitrogens with zero attached hydrogens (tertiary/aromatic N) is 1. The Morgan fingerprint density at radius 3 is 2.35 bits per heavy atom. The summed E-state index contributed by atoms with van der Waals surface area (Å²) in [7, 11) is 1.87. The molecule has 142 valence electrons. The number of ether oxygens (including phenoxy) is 3. The molecule has 0 aliphatic heterocycles. The second-order valence-corrected chi connectivity index (χ2v) is 4.92. The Labute approximate surface area is 145 Å². The van der Waals surface area contributed by atoms with E-state index in [1.807, 2.05) is 0 Å². The molecule has 11 heteroatoms. The molecule has 0 aromatic carbocycles. The first kappa shape index (κ1) is 21.0. The number of rotatable bonds is 8. The number of hydrogen-bond acceptors (Lipinski definition) is 7. The topological polar surface area (TPSA) is 105 Å². The van der Waals surface area contributed by atoms with Crippen molar-refractivity contribution in [3.05, 3.63) is 33.9 Å². The van der Waals surface area contributed by atoms with E-state index in [1.165, 1.54) is 0 Å². The fourth-order valence-corrected chi connectivity index (χ4v) is 2.30. The van der Waals surface area contributed by atoms with Crippen LogP contribution in [0, 0.1) is 39.7 Å². The van der Waals surface area contributed by atoms with Crippen molar-refractivity contribution in [3.63, 3.8) is 0 Å². The van der Waals surface area contributed by atoms with E-state index in [0.717, 1.165) is 20.3 Å². The van der Waals surface area contributed by atoms with Crippen LogP contribution in [-0.4, -0.2) is 44.2 Å². The summed E-state index contributed by atoms with van der Waals surface area (Å²) in [5, 5.41) is 11.0. The molecule has 8 nitrogen and oxygen atoms in total. The van der Waals surface area contributed by atoms with Crippen molar-refractivity contribution in [2.75, 3.05) is 20.8 Å². The van der Waals surface area contributed by atoms with Gasteiger partial charge in [-0.3, -0.25) is 19.7 Å². The molecule has 2 unspecified atom stereocenters. The van der Waals surface area contributed by atoms with Crippen LogP contribution >= 0.6 is 0 Å². The van der Waals surface area contributed by atoms with Crippen molar-refractivity contribution in [2.24, 2.45) is 17.8 Å². The van der Waals surface area contributed by atoms with Crippen LogP contribution in [0.5, 0.6) is 0 Å². The molecule has 0 aromatic heterocycles. The van der Waals surface area contributed by atoms with E-state index in [9.17, 15) is 32.9 Å². The largest absolute Gasteiger partial charge is 0.468 e. The van der Waals surface area contributed by atoms with Gasteiger partial charge in [-0.15, -0.1) is 0 Å². The summed E-state index contributed by atoms with van der Waals surface area (Å²) >= 11 is 0. The third-order valence-corrected chi connectivity index (χ3v) is 3.38. The molecule has 1 aliphatic rings. The Hall–Kier alpha value is -3.03. The zero-order valence-corrected chi connectivity index (χ0v) is 13.6. The molecule has 0 amide bonds. The van der Waals surface area contributed by atoms with E-state index in [4.69, 9.17) is 0 Å². The number of hydrogen-bond donors (Lipinski definition) is 0. The van der Waals surface area contributed by atoms with E-state index in [-0.39, 0.29) is 0 Å². The van der Waals surface area contributed by atoms with Crippen LogP contribution in [-0.2, 0) is 23.8 Å². The molecule has 0 saturated carbocycles. The maximum Gasteiger partial charge on any atom is 0.387 e. The normalized spacial score (nSPS) is 17.3. The summed E-state index contributed by atoms with van der Waals surface area (Å²) in [5.74, 6) is -4.75. The fourth-order valence-electron chi connectivity index (χ4n) is 2.30. The highest BCUT2D eigenvalue weighted by Crippen LogP contribution is 2.32. The summed E-state index contributed by atoms with van der Waals surface area (Å²) in [6, 6.07) is 0.